The minimum atomic E-state index is 0.132. The molecule has 1 atom stereocenters. The summed E-state index contributed by atoms with van der Waals surface area (Å²) >= 11 is 1.91. The van der Waals surface area contributed by atoms with Crippen LogP contribution in [0, 0.1) is 6.92 Å². The number of aromatic nitrogens is 2. The van der Waals surface area contributed by atoms with Gasteiger partial charge in [-0.25, -0.2) is 4.98 Å². The quantitative estimate of drug-likeness (QED) is 0.812. The SMILES string of the molecule is Cc1nccn1CCNC(=O)CC1CSCCN1. The van der Waals surface area contributed by atoms with Crippen molar-refractivity contribution >= 4 is 17.7 Å². The zero-order chi connectivity index (χ0) is 12.8. The summed E-state index contributed by atoms with van der Waals surface area (Å²) in [7, 11) is 0. The van der Waals surface area contributed by atoms with E-state index in [9.17, 15) is 4.79 Å². The molecule has 0 spiro atoms. The Bertz CT molecular complexity index is 387. The zero-order valence-electron chi connectivity index (χ0n) is 10.7. The molecule has 2 heterocycles. The fraction of sp³-hybridized carbons (Fsp3) is 0.667. The van der Waals surface area contributed by atoms with Gasteiger partial charge in [-0.15, -0.1) is 0 Å². The molecular formula is C12H20N4OS. The van der Waals surface area contributed by atoms with E-state index < -0.39 is 0 Å². The Kier molecular flexibility index (Phi) is 5.07. The van der Waals surface area contributed by atoms with Gasteiger partial charge in [-0.1, -0.05) is 0 Å². The Balaban J connectivity index is 1.64. The molecule has 1 fully saturated rings. The van der Waals surface area contributed by atoms with E-state index in [1.165, 1.54) is 0 Å². The molecule has 2 N–H and O–H groups in total. The molecule has 100 valence electrons. The molecule has 1 unspecified atom stereocenters. The van der Waals surface area contributed by atoms with Crippen LogP contribution >= 0.6 is 11.8 Å². The third-order valence-corrected chi connectivity index (χ3v) is 4.16. The maximum absolute atomic E-state index is 11.7. The zero-order valence-corrected chi connectivity index (χ0v) is 11.5. The maximum Gasteiger partial charge on any atom is 0.221 e. The number of carbonyl (C=O) groups excluding carboxylic acids is 1. The highest BCUT2D eigenvalue weighted by atomic mass is 32.2. The first-order chi connectivity index (χ1) is 8.75. The average molecular weight is 268 g/mol. The Morgan fingerprint density at radius 2 is 2.61 bits per heavy atom. The smallest absolute Gasteiger partial charge is 0.221 e. The van der Waals surface area contributed by atoms with Crippen molar-refractivity contribution in [3.8, 4) is 0 Å². The standard InChI is InChI=1S/C12H20N4OS/c1-10-13-2-5-16(10)6-3-15-12(17)8-11-9-18-7-4-14-11/h2,5,11,14H,3-4,6-9H2,1H3,(H,15,17). The molecule has 1 aliphatic rings. The monoisotopic (exact) mass is 268 g/mol. The molecule has 0 saturated carbocycles. The highest BCUT2D eigenvalue weighted by Crippen LogP contribution is 2.09. The normalized spacial score (nSPS) is 19.7. The topological polar surface area (TPSA) is 59.0 Å². The summed E-state index contributed by atoms with van der Waals surface area (Å²) in [5.74, 6) is 3.30. The first-order valence-corrected chi connectivity index (χ1v) is 7.47. The van der Waals surface area contributed by atoms with Gasteiger partial charge in [-0.05, 0) is 6.92 Å². The fourth-order valence-electron chi connectivity index (χ4n) is 2.00. The van der Waals surface area contributed by atoms with Gasteiger partial charge in [0.05, 0.1) is 0 Å². The van der Waals surface area contributed by atoms with Gasteiger partial charge in [-0.2, -0.15) is 11.8 Å². The third-order valence-electron chi connectivity index (χ3n) is 3.03. The van der Waals surface area contributed by atoms with E-state index in [0.717, 1.165) is 30.4 Å². The minimum absolute atomic E-state index is 0.132. The predicted octanol–water partition coefficient (Wildman–Crippen LogP) is 0.403. The second kappa shape index (κ2) is 6.80. The summed E-state index contributed by atoms with van der Waals surface area (Å²) in [5, 5.41) is 6.32. The van der Waals surface area contributed by atoms with E-state index in [0.29, 0.717) is 19.0 Å². The van der Waals surface area contributed by atoms with E-state index in [1.807, 2.05) is 29.4 Å². The van der Waals surface area contributed by atoms with Crippen molar-refractivity contribution in [3.05, 3.63) is 18.2 Å². The number of nitrogens with zero attached hydrogens (tertiary/aromatic N) is 2. The summed E-state index contributed by atoms with van der Waals surface area (Å²) in [5.41, 5.74) is 0. The number of amides is 1. The number of imidazole rings is 1. The molecule has 5 nitrogen and oxygen atoms in total. The maximum atomic E-state index is 11.7. The molecule has 1 aliphatic heterocycles. The molecule has 18 heavy (non-hydrogen) atoms. The number of hydrogen-bond acceptors (Lipinski definition) is 4. The lowest BCUT2D eigenvalue weighted by Crippen LogP contribution is -2.41. The number of rotatable bonds is 5. The van der Waals surface area contributed by atoms with Crippen molar-refractivity contribution in [2.75, 3.05) is 24.6 Å². The van der Waals surface area contributed by atoms with Crippen LogP contribution in [0.1, 0.15) is 12.2 Å². The van der Waals surface area contributed by atoms with Crippen molar-refractivity contribution in [2.24, 2.45) is 0 Å². The van der Waals surface area contributed by atoms with Gasteiger partial charge < -0.3 is 15.2 Å². The first-order valence-electron chi connectivity index (χ1n) is 6.31. The summed E-state index contributed by atoms with van der Waals surface area (Å²) in [6, 6.07) is 0.332. The molecule has 1 saturated heterocycles. The molecule has 1 amide bonds. The van der Waals surface area contributed by atoms with Crippen LogP contribution in [0.3, 0.4) is 0 Å². The Labute approximate surface area is 112 Å². The van der Waals surface area contributed by atoms with Gasteiger partial charge >= 0.3 is 0 Å². The molecule has 1 aromatic rings. The molecule has 0 radical (unpaired) electrons. The second-order valence-corrected chi connectivity index (χ2v) is 5.60. The van der Waals surface area contributed by atoms with E-state index in [2.05, 4.69) is 15.6 Å². The lowest BCUT2D eigenvalue weighted by Gasteiger charge is -2.22. The van der Waals surface area contributed by atoms with Gasteiger partial charge in [0.25, 0.3) is 0 Å². The first kappa shape index (κ1) is 13.4. The Morgan fingerprint density at radius 1 is 1.72 bits per heavy atom. The summed E-state index contributed by atoms with van der Waals surface area (Å²) in [6.45, 7) is 4.42. The van der Waals surface area contributed by atoms with E-state index in [1.54, 1.807) is 6.20 Å². The molecule has 0 aromatic carbocycles. The van der Waals surface area contributed by atoms with Crippen molar-refractivity contribution in [3.63, 3.8) is 0 Å². The number of carbonyl (C=O) groups is 1. The van der Waals surface area contributed by atoms with Gasteiger partial charge in [-0.3, -0.25) is 4.79 Å². The van der Waals surface area contributed by atoms with Crippen LogP contribution < -0.4 is 10.6 Å². The van der Waals surface area contributed by atoms with Gasteiger partial charge in [0.2, 0.25) is 5.91 Å². The van der Waals surface area contributed by atoms with Crippen LogP contribution in [0.15, 0.2) is 12.4 Å². The van der Waals surface area contributed by atoms with Crippen molar-refractivity contribution < 1.29 is 4.79 Å². The molecule has 2 rings (SSSR count). The molecule has 6 heteroatoms. The highest BCUT2D eigenvalue weighted by Gasteiger charge is 2.16. The molecule has 0 aliphatic carbocycles. The highest BCUT2D eigenvalue weighted by molar-refractivity contribution is 7.99. The van der Waals surface area contributed by atoms with Crippen molar-refractivity contribution in [1.82, 2.24) is 20.2 Å². The predicted molar refractivity (Wildman–Crippen MR) is 73.7 cm³/mol. The summed E-state index contributed by atoms with van der Waals surface area (Å²) < 4.78 is 2.04. The Hall–Kier alpha value is -1.01. The number of thioether (sulfide) groups is 1. The number of aryl methyl sites for hydroxylation is 1. The van der Waals surface area contributed by atoms with Crippen LogP contribution in [0.2, 0.25) is 0 Å². The number of hydrogen-bond donors (Lipinski definition) is 2. The number of nitrogens with one attached hydrogen (secondary N) is 2. The molecule has 0 bridgehead atoms. The second-order valence-electron chi connectivity index (χ2n) is 4.45. The van der Waals surface area contributed by atoms with Crippen molar-refractivity contribution in [1.29, 1.82) is 0 Å². The fourth-order valence-corrected chi connectivity index (χ4v) is 2.95. The van der Waals surface area contributed by atoms with E-state index >= 15 is 0 Å². The van der Waals surface area contributed by atoms with Crippen LogP contribution in [0.25, 0.3) is 0 Å². The van der Waals surface area contributed by atoms with Crippen LogP contribution in [0.4, 0.5) is 0 Å². The van der Waals surface area contributed by atoms with Gasteiger partial charge in [0.15, 0.2) is 0 Å². The van der Waals surface area contributed by atoms with Crippen LogP contribution in [0.5, 0.6) is 0 Å². The summed E-state index contributed by atoms with van der Waals surface area (Å²) in [6.07, 6.45) is 4.29. The lowest BCUT2D eigenvalue weighted by atomic mass is 10.2. The van der Waals surface area contributed by atoms with Gasteiger partial charge in [0, 0.05) is 56.0 Å². The summed E-state index contributed by atoms with van der Waals surface area (Å²) in [4.78, 5) is 15.9. The van der Waals surface area contributed by atoms with Crippen LogP contribution in [-0.4, -0.2) is 46.1 Å². The largest absolute Gasteiger partial charge is 0.354 e. The van der Waals surface area contributed by atoms with Crippen LogP contribution in [-0.2, 0) is 11.3 Å². The lowest BCUT2D eigenvalue weighted by molar-refractivity contribution is -0.121. The Morgan fingerprint density at radius 3 is 3.28 bits per heavy atom. The third kappa shape index (κ3) is 4.03. The van der Waals surface area contributed by atoms with E-state index in [-0.39, 0.29) is 5.91 Å². The van der Waals surface area contributed by atoms with Crippen molar-refractivity contribution in [2.45, 2.75) is 25.9 Å². The minimum Gasteiger partial charge on any atom is -0.354 e. The average Bonchev–Trinajstić information content (AvgIpc) is 2.76. The molecule has 1 aromatic heterocycles. The van der Waals surface area contributed by atoms with Gasteiger partial charge in [0.1, 0.15) is 5.82 Å². The molecular weight excluding hydrogens is 248 g/mol. The van der Waals surface area contributed by atoms with E-state index in [4.69, 9.17) is 0 Å².